The smallest absolute Gasteiger partial charge is 0.417 e. The number of rotatable bonds is 5. The molecule has 11 heteroatoms. The average Bonchev–Trinajstić information content (AvgIpc) is 2.34. The molecule has 0 aliphatic heterocycles. The Balaban J connectivity index is 3.07. The lowest BCUT2D eigenvalue weighted by Gasteiger charge is -2.12. The second-order valence-corrected chi connectivity index (χ2v) is 6.02. The third kappa shape index (κ3) is 4.56. The zero-order chi connectivity index (χ0) is 16.4. The molecular weight excluding hydrogens is 339 g/mol. The number of hydrogen-bond acceptors (Lipinski definition) is 4. The molecule has 0 unspecified atom stereocenters. The predicted octanol–water partition coefficient (Wildman–Crippen LogP) is 1.08. The van der Waals surface area contributed by atoms with E-state index < -0.39 is 50.3 Å². The minimum atomic E-state index is -4.84. The standard InChI is InChI=1S/C10H9ClF3NO5S/c11-7-2-1-5(3-6(7)10(12,13)14)21(19,20)15-4-8(16)9(17)18/h1-3,8,15-16H,4H2,(H,17,18)/t8-/m0/s1. The molecule has 1 rings (SSSR count). The maximum absolute atomic E-state index is 12.6. The maximum atomic E-state index is 12.6. The number of alkyl halides is 3. The topological polar surface area (TPSA) is 104 Å². The summed E-state index contributed by atoms with van der Waals surface area (Å²) in [5.74, 6) is -1.68. The molecule has 0 amide bonds. The van der Waals surface area contributed by atoms with E-state index in [0.29, 0.717) is 6.07 Å². The molecule has 3 N–H and O–H groups in total. The Morgan fingerprint density at radius 3 is 2.43 bits per heavy atom. The maximum Gasteiger partial charge on any atom is 0.417 e. The van der Waals surface area contributed by atoms with Crippen molar-refractivity contribution in [3.8, 4) is 0 Å². The van der Waals surface area contributed by atoms with Crippen molar-refractivity contribution in [2.45, 2.75) is 17.2 Å². The number of sulfonamides is 1. The van der Waals surface area contributed by atoms with E-state index in [1.807, 2.05) is 0 Å². The van der Waals surface area contributed by atoms with Crippen molar-refractivity contribution in [1.29, 1.82) is 0 Å². The highest BCUT2D eigenvalue weighted by molar-refractivity contribution is 7.89. The minimum Gasteiger partial charge on any atom is -0.479 e. The van der Waals surface area contributed by atoms with Crippen molar-refractivity contribution in [3.63, 3.8) is 0 Å². The number of carboxylic acid groups (broad SMARTS) is 1. The zero-order valence-corrected chi connectivity index (χ0v) is 11.6. The number of carbonyl (C=O) groups is 1. The van der Waals surface area contributed by atoms with Gasteiger partial charge in [-0.1, -0.05) is 11.6 Å². The van der Waals surface area contributed by atoms with Crippen molar-refractivity contribution < 1.29 is 36.6 Å². The molecule has 21 heavy (non-hydrogen) atoms. The molecular formula is C10H9ClF3NO5S. The quantitative estimate of drug-likeness (QED) is 0.739. The largest absolute Gasteiger partial charge is 0.479 e. The Hall–Kier alpha value is -1.36. The van der Waals surface area contributed by atoms with Gasteiger partial charge in [0.25, 0.3) is 0 Å². The summed E-state index contributed by atoms with van der Waals surface area (Å²) in [5.41, 5.74) is -1.34. The van der Waals surface area contributed by atoms with Crippen molar-refractivity contribution in [2.24, 2.45) is 0 Å². The van der Waals surface area contributed by atoms with Crippen LogP contribution in [0.4, 0.5) is 13.2 Å². The number of aliphatic hydroxyl groups excluding tert-OH is 1. The first-order chi connectivity index (χ1) is 9.45. The highest BCUT2D eigenvalue weighted by Gasteiger charge is 2.34. The molecule has 0 saturated heterocycles. The van der Waals surface area contributed by atoms with E-state index in [0.717, 1.165) is 12.1 Å². The number of benzene rings is 1. The predicted molar refractivity (Wildman–Crippen MR) is 65.3 cm³/mol. The van der Waals surface area contributed by atoms with Crippen LogP contribution in [0.2, 0.25) is 5.02 Å². The second kappa shape index (κ2) is 6.18. The van der Waals surface area contributed by atoms with Crippen molar-refractivity contribution in [1.82, 2.24) is 4.72 Å². The van der Waals surface area contributed by atoms with Crippen LogP contribution in [0.5, 0.6) is 0 Å². The van der Waals surface area contributed by atoms with E-state index in [1.165, 1.54) is 0 Å². The monoisotopic (exact) mass is 347 g/mol. The molecule has 0 aliphatic rings. The fourth-order valence-electron chi connectivity index (χ4n) is 1.25. The van der Waals surface area contributed by atoms with Gasteiger partial charge in [0.15, 0.2) is 6.10 Å². The Morgan fingerprint density at radius 1 is 1.38 bits per heavy atom. The van der Waals surface area contributed by atoms with Crippen LogP contribution in [0.1, 0.15) is 5.56 Å². The van der Waals surface area contributed by atoms with Gasteiger partial charge < -0.3 is 10.2 Å². The van der Waals surface area contributed by atoms with E-state index in [-0.39, 0.29) is 0 Å². The first kappa shape index (κ1) is 17.7. The Bertz CT molecular complexity index is 647. The third-order valence-electron chi connectivity index (χ3n) is 2.31. The van der Waals surface area contributed by atoms with Gasteiger partial charge >= 0.3 is 12.1 Å². The summed E-state index contributed by atoms with van der Waals surface area (Å²) in [7, 11) is -4.42. The van der Waals surface area contributed by atoms with E-state index >= 15 is 0 Å². The van der Waals surface area contributed by atoms with Crippen LogP contribution in [0, 0.1) is 0 Å². The summed E-state index contributed by atoms with van der Waals surface area (Å²) in [6.45, 7) is -0.887. The SMILES string of the molecule is O=C(O)[C@@H](O)CNS(=O)(=O)c1ccc(Cl)c(C(F)(F)F)c1. The molecule has 0 spiro atoms. The summed E-state index contributed by atoms with van der Waals surface area (Å²) in [6.07, 6.45) is -6.86. The summed E-state index contributed by atoms with van der Waals surface area (Å²) in [4.78, 5) is 9.58. The van der Waals surface area contributed by atoms with Gasteiger partial charge in [0, 0.05) is 6.54 Å². The second-order valence-electron chi connectivity index (χ2n) is 3.85. The van der Waals surface area contributed by atoms with Crippen molar-refractivity contribution in [3.05, 3.63) is 28.8 Å². The van der Waals surface area contributed by atoms with Crippen LogP contribution < -0.4 is 4.72 Å². The van der Waals surface area contributed by atoms with Crippen LogP contribution in [0.3, 0.4) is 0 Å². The Kier molecular flexibility index (Phi) is 5.20. The molecule has 0 radical (unpaired) electrons. The molecule has 0 aromatic heterocycles. The molecule has 118 valence electrons. The molecule has 0 fully saturated rings. The molecule has 6 nitrogen and oxygen atoms in total. The van der Waals surface area contributed by atoms with Crippen molar-refractivity contribution >= 4 is 27.6 Å². The van der Waals surface area contributed by atoms with Crippen LogP contribution in [0.25, 0.3) is 0 Å². The summed E-state index contributed by atoms with van der Waals surface area (Å²) < 4.78 is 63.0. The highest BCUT2D eigenvalue weighted by atomic mass is 35.5. The lowest BCUT2D eigenvalue weighted by molar-refractivity contribution is -0.146. The van der Waals surface area contributed by atoms with Gasteiger partial charge in [-0.05, 0) is 18.2 Å². The number of aliphatic carboxylic acids is 1. The molecule has 1 atom stereocenters. The van der Waals surface area contributed by atoms with Crippen LogP contribution in [0.15, 0.2) is 23.1 Å². The first-order valence-electron chi connectivity index (χ1n) is 5.22. The van der Waals surface area contributed by atoms with E-state index in [4.69, 9.17) is 21.8 Å². The lowest BCUT2D eigenvalue weighted by Crippen LogP contribution is -2.36. The van der Waals surface area contributed by atoms with Gasteiger partial charge in [-0.2, -0.15) is 13.2 Å². The molecule has 0 bridgehead atoms. The summed E-state index contributed by atoms with van der Waals surface area (Å²) in [5, 5.41) is 16.6. The van der Waals surface area contributed by atoms with Crippen LogP contribution in [-0.4, -0.2) is 37.2 Å². The van der Waals surface area contributed by atoms with Gasteiger partial charge in [0.2, 0.25) is 10.0 Å². The summed E-state index contributed by atoms with van der Waals surface area (Å²) in [6, 6.07) is 1.90. The van der Waals surface area contributed by atoms with E-state index in [2.05, 4.69) is 0 Å². The molecule has 0 heterocycles. The third-order valence-corrected chi connectivity index (χ3v) is 4.06. The van der Waals surface area contributed by atoms with Crippen molar-refractivity contribution in [2.75, 3.05) is 6.54 Å². The molecule has 1 aromatic rings. The summed E-state index contributed by atoms with van der Waals surface area (Å²) >= 11 is 5.35. The van der Waals surface area contributed by atoms with Gasteiger partial charge in [-0.3, -0.25) is 0 Å². The average molecular weight is 348 g/mol. The fourth-order valence-corrected chi connectivity index (χ4v) is 2.54. The van der Waals surface area contributed by atoms with E-state index in [9.17, 15) is 26.4 Å². The Morgan fingerprint density at radius 2 is 1.95 bits per heavy atom. The van der Waals surface area contributed by atoms with Gasteiger partial charge in [0.05, 0.1) is 15.5 Å². The number of hydrogen-bond donors (Lipinski definition) is 3. The van der Waals surface area contributed by atoms with Gasteiger partial charge in [0.1, 0.15) is 0 Å². The first-order valence-corrected chi connectivity index (χ1v) is 7.08. The van der Waals surface area contributed by atoms with Crippen LogP contribution in [-0.2, 0) is 21.0 Å². The zero-order valence-electron chi connectivity index (χ0n) is 10.1. The molecule has 0 aliphatic carbocycles. The number of aliphatic hydroxyl groups is 1. The van der Waals surface area contributed by atoms with Gasteiger partial charge in [-0.15, -0.1) is 0 Å². The van der Waals surface area contributed by atoms with E-state index in [1.54, 1.807) is 4.72 Å². The molecule has 0 saturated carbocycles. The molecule has 1 aromatic carbocycles. The Labute approximate surface area is 122 Å². The minimum absolute atomic E-state index is 0.317. The van der Waals surface area contributed by atoms with Crippen LogP contribution >= 0.6 is 11.6 Å². The number of nitrogens with one attached hydrogen (secondary N) is 1. The lowest BCUT2D eigenvalue weighted by atomic mass is 10.2. The van der Waals surface area contributed by atoms with Gasteiger partial charge in [-0.25, -0.2) is 17.9 Å². The fraction of sp³-hybridized carbons (Fsp3) is 0.300. The number of carboxylic acids is 1. The highest BCUT2D eigenvalue weighted by Crippen LogP contribution is 2.35. The normalized spacial score (nSPS) is 14.0. The number of halogens is 4.